The van der Waals surface area contributed by atoms with Crippen molar-refractivity contribution in [3.8, 4) is 16.3 Å². The van der Waals surface area contributed by atoms with Gasteiger partial charge in [0.25, 0.3) is 0 Å². The first-order chi connectivity index (χ1) is 12.2. The van der Waals surface area contributed by atoms with Crippen molar-refractivity contribution in [3.05, 3.63) is 65.7 Å². The second kappa shape index (κ2) is 7.94. The van der Waals surface area contributed by atoms with Crippen molar-refractivity contribution in [2.45, 2.75) is 13.3 Å². The zero-order chi connectivity index (χ0) is 17.6. The van der Waals surface area contributed by atoms with Crippen molar-refractivity contribution in [1.82, 2.24) is 4.98 Å². The van der Waals surface area contributed by atoms with E-state index in [2.05, 4.69) is 4.98 Å². The van der Waals surface area contributed by atoms with E-state index in [9.17, 15) is 4.79 Å². The lowest BCUT2D eigenvalue weighted by Gasteiger charge is -2.16. The first-order valence-corrected chi connectivity index (χ1v) is 9.05. The fourth-order valence-corrected chi connectivity index (χ4v) is 3.35. The van der Waals surface area contributed by atoms with Crippen molar-refractivity contribution in [2.75, 3.05) is 18.6 Å². The molecule has 0 aliphatic rings. The molecule has 3 rings (SSSR count). The van der Waals surface area contributed by atoms with E-state index in [1.54, 1.807) is 11.9 Å². The number of carbonyl (C=O) groups is 1. The number of hydrogen-bond acceptors (Lipinski definition) is 4. The molecule has 1 heterocycles. The molecule has 1 aromatic heterocycles. The van der Waals surface area contributed by atoms with Crippen LogP contribution in [0, 0.1) is 0 Å². The molecular weight excluding hydrogens is 332 g/mol. The molecule has 0 atom stereocenters. The van der Waals surface area contributed by atoms with Gasteiger partial charge >= 0.3 is 0 Å². The number of benzene rings is 2. The molecule has 128 valence electrons. The van der Waals surface area contributed by atoms with Gasteiger partial charge in [-0.05, 0) is 31.2 Å². The van der Waals surface area contributed by atoms with Crippen LogP contribution >= 0.6 is 11.3 Å². The number of hydrogen-bond donors (Lipinski definition) is 0. The first-order valence-electron chi connectivity index (χ1n) is 8.17. The van der Waals surface area contributed by atoms with E-state index in [1.165, 1.54) is 11.3 Å². The van der Waals surface area contributed by atoms with Crippen LogP contribution in [0.15, 0.2) is 60.0 Å². The average Bonchev–Trinajstić information content (AvgIpc) is 3.11. The quantitative estimate of drug-likeness (QED) is 0.660. The van der Waals surface area contributed by atoms with Crippen molar-refractivity contribution < 1.29 is 9.53 Å². The number of para-hydroxylation sites is 2. The predicted octanol–water partition coefficient (Wildman–Crippen LogP) is 4.41. The van der Waals surface area contributed by atoms with Crippen molar-refractivity contribution in [2.24, 2.45) is 0 Å². The van der Waals surface area contributed by atoms with Gasteiger partial charge in [-0.1, -0.05) is 30.3 Å². The van der Waals surface area contributed by atoms with Crippen LogP contribution in [0.3, 0.4) is 0 Å². The highest BCUT2D eigenvalue weighted by Crippen LogP contribution is 2.32. The summed E-state index contributed by atoms with van der Waals surface area (Å²) in [6, 6.07) is 17.5. The van der Waals surface area contributed by atoms with Crippen LogP contribution in [-0.2, 0) is 11.2 Å². The van der Waals surface area contributed by atoms with Crippen LogP contribution in [-0.4, -0.2) is 24.5 Å². The normalized spacial score (nSPS) is 10.5. The van der Waals surface area contributed by atoms with E-state index in [1.807, 2.05) is 66.9 Å². The van der Waals surface area contributed by atoms with Gasteiger partial charge in [0.2, 0.25) is 5.91 Å². The molecule has 0 saturated heterocycles. The molecule has 5 heteroatoms. The van der Waals surface area contributed by atoms with Crippen LogP contribution in [0.5, 0.6) is 5.75 Å². The Morgan fingerprint density at radius 1 is 1.12 bits per heavy atom. The highest BCUT2D eigenvalue weighted by molar-refractivity contribution is 7.13. The molecule has 0 saturated carbocycles. The Kier molecular flexibility index (Phi) is 5.46. The highest BCUT2D eigenvalue weighted by atomic mass is 32.1. The number of amides is 1. The largest absolute Gasteiger partial charge is 0.493 e. The molecule has 0 spiro atoms. The van der Waals surface area contributed by atoms with Crippen LogP contribution in [0.4, 0.5) is 5.69 Å². The van der Waals surface area contributed by atoms with Gasteiger partial charge in [-0.25, -0.2) is 4.98 Å². The molecule has 0 aliphatic heterocycles. The molecule has 0 fully saturated rings. The standard InChI is InChI=1S/C20H20N2O2S/c1-3-24-18-12-8-7-11-17(18)20-21-15(14-25-20)13-19(23)22(2)16-9-5-4-6-10-16/h4-12,14H,3,13H2,1-2H3. The van der Waals surface area contributed by atoms with Crippen molar-refractivity contribution in [3.63, 3.8) is 0 Å². The molecule has 0 aliphatic carbocycles. The summed E-state index contributed by atoms with van der Waals surface area (Å²) in [4.78, 5) is 18.8. The second-order valence-electron chi connectivity index (χ2n) is 5.54. The van der Waals surface area contributed by atoms with E-state index in [0.29, 0.717) is 6.61 Å². The summed E-state index contributed by atoms with van der Waals surface area (Å²) in [5.74, 6) is 0.833. The zero-order valence-electron chi connectivity index (χ0n) is 14.3. The third-order valence-corrected chi connectivity index (χ3v) is 4.74. The zero-order valence-corrected chi connectivity index (χ0v) is 15.1. The van der Waals surface area contributed by atoms with E-state index in [-0.39, 0.29) is 12.3 Å². The molecule has 1 amide bonds. The number of aromatic nitrogens is 1. The fourth-order valence-electron chi connectivity index (χ4n) is 2.51. The summed E-state index contributed by atoms with van der Waals surface area (Å²) in [6.45, 7) is 2.57. The Morgan fingerprint density at radius 3 is 2.60 bits per heavy atom. The minimum Gasteiger partial charge on any atom is -0.493 e. The lowest BCUT2D eigenvalue weighted by atomic mass is 10.2. The minimum atomic E-state index is 0.0149. The summed E-state index contributed by atoms with van der Waals surface area (Å²) in [6.07, 6.45) is 0.276. The molecule has 2 aromatic carbocycles. The Morgan fingerprint density at radius 2 is 1.84 bits per heavy atom. The Hall–Kier alpha value is -2.66. The van der Waals surface area contributed by atoms with Gasteiger partial charge in [-0.3, -0.25) is 4.79 Å². The smallest absolute Gasteiger partial charge is 0.232 e. The summed E-state index contributed by atoms with van der Waals surface area (Å²) in [5, 5.41) is 2.81. The molecule has 4 nitrogen and oxygen atoms in total. The Bertz CT molecular complexity index is 846. The van der Waals surface area contributed by atoms with Gasteiger partial charge in [0.15, 0.2) is 0 Å². The number of anilines is 1. The number of likely N-dealkylation sites (N-methyl/N-ethyl adjacent to an activating group) is 1. The summed E-state index contributed by atoms with van der Waals surface area (Å²) in [7, 11) is 1.79. The lowest BCUT2D eigenvalue weighted by molar-refractivity contribution is -0.117. The first kappa shape index (κ1) is 17.2. The second-order valence-corrected chi connectivity index (χ2v) is 6.40. The van der Waals surface area contributed by atoms with Crippen LogP contribution < -0.4 is 9.64 Å². The van der Waals surface area contributed by atoms with Crippen molar-refractivity contribution >= 4 is 22.9 Å². The van der Waals surface area contributed by atoms with Gasteiger partial charge < -0.3 is 9.64 Å². The number of rotatable bonds is 6. The van der Waals surface area contributed by atoms with Gasteiger partial charge in [0, 0.05) is 18.1 Å². The Balaban J connectivity index is 1.75. The number of carbonyl (C=O) groups excluding carboxylic acids is 1. The average molecular weight is 352 g/mol. The summed E-state index contributed by atoms with van der Waals surface area (Å²) >= 11 is 1.53. The fraction of sp³-hybridized carbons (Fsp3) is 0.200. The maximum absolute atomic E-state index is 12.5. The van der Waals surface area contributed by atoms with E-state index < -0.39 is 0 Å². The molecule has 0 unspecified atom stereocenters. The predicted molar refractivity (Wildman–Crippen MR) is 102 cm³/mol. The molecule has 3 aromatic rings. The molecule has 0 radical (unpaired) electrons. The number of ether oxygens (including phenoxy) is 1. The lowest BCUT2D eigenvalue weighted by Crippen LogP contribution is -2.27. The minimum absolute atomic E-state index is 0.0149. The number of thiazole rings is 1. The van der Waals surface area contributed by atoms with Gasteiger partial charge in [-0.2, -0.15) is 0 Å². The third kappa shape index (κ3) is 4.06. The molecule has 25 heavy (non-hydrogen) atoms. The Labute approximate surface area is 151 Å². The maximum Gasteiger partial charge on any atom is 0.232 e. The molecule has 0 bridgehead atoms. The van der Waals surface area contributed by atoms with Gasteiger partial charge in [0.1, 0.15) is 10.8 Å². The van der Waals surface area contributed by atoms with Crippen molar-refractivity contribution in [1.29, 1.82) is 0 Å². The summed E-state index contributed by atoms with van der Waals surface area (Å²) < 4.78 is 5.67. The highest BCUT2D eigenvalue weighted by Gasteiger charge is 2.15. The van der Waals surface area contributed by atoms with Gasteiger partial charge in [-0.15, -0.1) is 11.3 Å². The monoisotopic (exact) mass is 352 g/mol. The topological polar surface area (TPSA) is 42.4 Å². The SMILES string of the molecule is CCOc1ccccc1-c1nc(CC(=O)N(C)c2ccccc2)cs1. The van der Waals surface area contributed by atoms with Crippen LogP contribution in [0.2, 0.25) is 0 Å². The third-order valence-electron chi connectivity index (χ3n) is 3.82. The van der Waals surface area contributed by atoms with Crippen LogP contribution in [0.25, 0.3) is 10.6 Å². The molecule has 0 N–H and O–H groups in total. The molecular formula is C20H20N2O2S. The van der Waals surface area contributed by atoms with Gasteiger partial charge in [0.05, 0.1) is 24.3 Å². The summed E-state index contributed by atoms with van der Waals surface area (Å²) in [5.41, 5.74) is 2.62. The van der Waals surface area contributed by atoms with E-state index in [0.717, 1.165) is 27.7 Å². The maximum atomic E-state index is 12.5. The van der Waals surface area contributed by atoms with E-state index >= 15 is 0 Å². The van der Waals surface area contributed by atoms with E-state index in [4.69, 9.17) is 4.74 Å². The number of nitrogens with zero attached hydrogens (tertiary/aromatic N) is 2. The van der Waals surface area contributed by atoms with Crippen LogP contribution in [0.1, 0.15) is 12.6 Å².